The fourth-order valence-electron chi connectivity index (χ4n) is 1.74. The lowest BCUT2D eigenvalue weighted by Gasteiger charge is -2.16. The van der Waals surface area contributed by atoms with Gasteiger partial charge in [-0.05, 0) is 35.8 Å². The van der Waals surface area contributed by atoms with E-state index in [4.69, 9.17) is 18.0 Å². The topological polar surface area (TPSA) is 80.9 Å². The van der Waals surface area contributed by atoms with Crippen LogP contribution in [0.2, 0.25) is 0 Å². The highest BCUT2D eigenvalue weighted by molar-refractivity contribution is 7.80. The smallest absolute Gasteiger partial charge is 0.269 e. The number of carbonyl (C=O) groups excluding carboxylic acids is 1. The fraction of sp³-hybridized carbons (Fsp3) is 0.286. The quantitative estimate of drug-likeness (QED) is 0.850. The summed E-state index contributed by atoms with van der Waals surface area (Å²) in [4.78, 5) is 13.2. The zero-order valence-corrected chi connectivity index (χ0v) is 13.6. The van der Waals surface area contributed by atoms with Gasteiger partial charge in [0.05, 0.1) is 5.69 Å². The van der Waals surface area contributed by atoms with Gasteiger partial charge in [-0.25, -0.2) is 0 Å². The van der Waals surface area contributed by atoms with E-state index in [2.05, 4.69) is 14.9 Å². The number of hydrogen-bond acceptors (Lipinski definition) is 5. The van der Waals surface area contributed by atoms with Crippen molar-refractivity contribution >= 4 is 40.3 Å². The van der Waals surface area contributed by atoms with Gasteiger partial charge >= 0.3 is 0 Å². The van der Waals surface area contributed by atoms with Gasteiger partial charge in [-0.2, -0.15) is 0 Å². The minimum Gasteiger partial charge on any atom is -0.389 e. The lowest BCUT2D eigenvalue weighted by Crippen LogP contribution is -2.20. The predicted octanol–water partition coefficient (Wildman–Crippen LogP) is 2.72. The van der Waals surface area contributed by atoms with Gasteiger partial charge in [0.1, 0.15) is 9.87 Å². The van der Waals surface area contributed by atoms with E-state index < -0.39 is 0 Å². The number of nitrogens with two attached hydrogens (primary N) is 1. The van der Waals surface area contributed by atoms with Crippen molar-refractivity contribution in [3.05, 3.63) is 40.4 Å². The first kappa shape index (κ1) is 15.5. The van der Waals surface area contributed by atoms with Crippen LogP contribution in [0.5, 0.6) is 0 Å². The number of nitrogens with one attached hydrogen (secondary N) is 1. The highest BCUT2D eigenvalue weighted by atomic mass is 32.1. The Labute approximate surface area is 132 Å². The first-order chi connectivity index (χ1) is 9.79. The molecular formula is C14H16N4OS2. The minimum atomic E-state index is -0.227. The number of aromatic nitrogens is 2. The molecule has 0 aliphatic rings. The normalized spacial score (nSPS) is 11.2. The molecule has 1 heterocycles. The molecule has 5 nitrogen and oxygen atoms in total. The summed E-state index contributed by atoms with van der Waals surface area (Å²) in [6.45, 7) is 5.99. The maximum atomic E-state index is 12.3. The molecule has 0 spiro atoms. The third kappa shape index (κ3) is 3.62. The molecule has 7 heteroatoms. The Morgan fingerprint density at radius 2 is 1.90 bits per heavy atom. The number of benzene rings is 1. The summed E-state index contributed by atoms with van der Waals surface area (Å²) in [6, 6.07) is 7.07. The van der Waals surface area contributed by atoms with Crippen molar-refractivity contribution in [3.63, 3.8) is 0 Å². The highest BCUT2D eigenvalue weighted by Crippen LogP contribution is 2.26. The van der Waals surface area contributed by atoms with Crippen LogP contribution in [0.4, 0.5) is 5.69 Å². The molecule has 2 aromatic rings. The Hall–Kier alpha value is -1.86. The summed E-state index contributed by atoms with van der Waals surface area (Å²) >= 11 is 5.99. The van der Waals surface area contributed by atoms with Crippen molar-refractivity contribution in [1.82, 2.24) is 9.59 Å². The van der Waals surface area contributed by atoms with E-state index in [9.17, 15) is 4.79 Å². The van der Waals surface area contributed by atoms with E-state index in [1.165, 1.54) is 0 Å². The Morgan fingerprint density at radius 1 is 1.29 bits per heavy atom. The van der Waals surface area contributed by atoms with Crippen LogP contribution in [0.1, 0.15) is 41.7 Å². The van der Waals surface area contributed by atoms with Gasteiger partial charge in [-0.3, -0.25) is 4.79 Å². The molecule has 0 aliphatic heterocycles. The monoisotopic (exact) mass is 320 g/mol. The van der Waals surface area contributed by atoms with Crippen LogP contribution in [0.25, 0.3) is 0 Å². The second-order valence-corrected chi connectivity index (χ2v) is 6.79. The van der Waals surface area contributed by atoms with Crippen molar-refractivity contribution in [2.24, 2.45) is 5.73 Å². The third-order valence-electron chi connectivity index (χ3n) is 2.83. The van der Waals surface area contributed by atoms with Gasteiger partial charge in [0.2, 0.25) is 0 Å². The van der Waals surface area contributed by atoms with Crippen LogP contribution in [-0.4, -0.2) is 20.5 Å². The largest absolute Gasteiger partial charge is 0.389 e. The Kier molecular flexibility index (Phi) is 4.34. The van der Waals surface area contributed by atoms with Crippen molar-refractivity contribution in [1.29, 1.82) is 0 Å². The molecule has 0 saturated heterocycles. The molecule has 0 bridgehead atoms. The van der Waals surface area contributed by atoms with Gasteiger partial charge in [0.25, 0.3) is 5.91 Å². The molecule has 0 saturated carbocycles. The summed E-state index contributed by atoms with van der Waals surface area (Å²) in [5, 5.41) is 6.89. The molecule has 0 unspecified atom stereocenters. The van der Waals surface area contributed by atoms with E-state index in [1.54, 1.807) is 24.3 Å². The second-order valence-electron chi connectivity index (χ2n) is 5.60. The van der Waals surface area contributed by atoms with Crippen LogP contribution < -0.4 is 11.1 Å². The van der Waals surface area contributed by atoms with Gasteiger partial charge < -0.3 is 11.1 Å². The molecule has 110 valence electrons. The summed E-state index contributed by atoms with van der Waals surface area (Å²) in [5.41, 5.74) is 7.45. The van der Waals surface area contributed by atoms with E-state index in [0.717, 1.165) is 17.1 Å². The van der Waals surface area contributed by atoms with E-state index in [-0.39, 0.29) is 11.3 Å². The first-order valence-electron chi connectivity index (χ1n) is 6.33. The van der Waals surface area contributed by atoms with Gasteiger partial charge in [-0.15, -0.1) is 5.10 Å². The number of rotatable bonds is 3. The lowest BCUT2D eigenvalue weighted by atomic mass is 9.91. The average Bonchev–Trinajstić information content (AvgIpc) is 2.88. The van der Waals surface area contributed by atoms with Crippen LogP contribution in [-0.2, 0) is 5.41 Å². The van der Waals surface area contributed by atoms with Crippen LogP contribution >= 0.6 is 23.8 Å². The number of carbonyl (C=O) groups is 1. The number of anilines is 1. The second kappa shape index (κ2) is 5.87. The molecule has 1 amide bonds. The summed E-state index contributed by atoms with van der Waals surface area (Å²) in [5.74, 6) is -0.210. The van der Waals surface area contributed by atoms with Gasteiger partial charge in [0, 0.05) is 16.7 Å². The van der Waals surface area contributed by atoms with Gasteiger partial charge in [0.15, 0.2) is 0 Å². The Morgan fingerprint density at radius 3 is 2.43 bits per heavy atom. The molecule has 3 N–H and O–H groups in total. The highest BCUT2D eigenvalue weighted by Gasteiger charge is 2.26. The minimum absolute atomic E-state index is 0.210. The molecule has 0 fully saturated rings. The maximum Gasteiger partial charge on any atom is 0.269 e. The molecule has 1 aromatic carbocycles. The number of amides is 1. The third-order valence-corrected chi connectivity index (χ3v) is 3.79. The molecule has 0 atom stereocenters. The number of hydrogen-bond donors (Lipinski definition) is 2. The van der Waals surface area contributed by atoms with Crippen LogP contribution in [0, 0.1) is 0 Å². The van der Waals surface area contributed by atoms with E-state index >= 15 is 0 Å². The molecule has 0 aliphatic carbocycles. The zero-order valence-electron chi connectivity index (χ0n) is 12.0. The summed E-state index contributed by atoms with van der Waals surface area (Å²) in [7, 11) is 0. The molecular weight excluding hydrogens is 304 g/mol. The zero-order chi connectivity index (χ0) is 15.6. The molecule has 21 heavy (non-hydrogen) atoms. The van der Waals surface area contributed by atoms with E-state index in [0.29, 0.717) is 21.2 Å². The van der Waals surface area contributed by atoms with Crippen molar-refractivity contribution in [2.45, 2.75) is 26.2 Å². The SMILES string of the molecule is CC(C)(C)c1nnsc1C(=O)Nc1ccc(C(N)=S)cc1. The predicted molar refractivity (Wildman–Crippen MR) is 88.9 cm³/mol. The fourth-order valence-corrected chi connectivity index (χ4v) is 2.64. The Bertz CT molecular complexity index is 671. The average molecular weight is 320 g/mol. The summed E-state index contributed by atoms with van der Waals surface area (Å²) < 4.78 is 3.89. The van der Waals surface area contributed by atoms with Crippen LogP contribution in [0.3, 0.4) is 0 Å². The maximum absolute atomic E-state index is 12.3. The van der Waals surface area contributed by atoms with E-state index in [1.807, 2.05) is 20.8 Å². The number of nitrogens with zero attached hydrogens (tertiary/aromatic N) is 2. The van der Waals surface area contributed by atoms with Crippen LogP contribution in [0.15, 0.2) is 24.3 Å². The van der Waals surface area contributed by atoms with Crippen molar-refractivity contribution < 1.29 is 4.79 Å². The van der Waals surface area contributed by atoms with Crippen molar-refractivity contribution in [2.75, 3.05) is 5.32 Å². The van der Waals surface area contributed by atoms with Crippen molar-refractivity contribution in [3.8, 4) is 0 Å². The lowest BCUT2D eigenvalue weighted by molar-refractivity contribution is 0.102. The molecule has 0 radical (unpaired) electrons. The Balaban J connectivity index is 2.19. The first-order valence-corrected chi connectivity index (χ1v) is 7.51. The standard InChI is InChI=1S/C14H16N4OS2/c1-14(2,3)11-10(21-18-17-11)13(19)16-9-6-4-8(5-7-9)12(15)20/h4-7H,1-3H3,(H2,15,20)(H,16,19). The molecule has 1 aromatic heterocycles. The summed E-state index contributed by atoms with van der Waals surface area (Å²) in [6.07, 6.45) is 0. The van der Waals surface area contributed by atoms with Gasteiger partial charge in [-0.1, -0.05) is 37.5 Å². The molecule has 2 rings (SSSR count). The number of thiocarbonyl (C=S) groups is 1.